The first-order chi connectivity index (χ1) is 8.99. The summed E-state index contributed by atoms with van der Waals surface area (Å²) in [5, 5.41) is 3.15. The molecule has 0 aromatic heterocycles. The van der Waals surface area contributed by atoms with Gasteiger partial charge in [-0.1, -0.05) is 31.5 Å². The third-order valence-electron chi connectivity index (χ3n) is 3.69. The third-order valence-corrected chi connectivity index (χ3v) is 3.90. The number of thiocarbonyl (C=S) groups is 1. The van der Waals surface area contributed by atoms with E-state index in [1.54, 1.807) is 0 Å². The molecule has 0 radical (unpaired) electrons. The second-order valence-corrected chi connectivity index (χ2v) is 6.21. The van der Waals surface area contributed by atoms with Crippen LogP contribution in [0.3, 0.4) is 0 Å². The van der Waals surface area contributed by atoms with Crippen molar-refractivity contribution in [2.75, 3.05) is 13.1 Å². The van der Waals surface area contributed by atoms with Crippen LogP contribution in [0.25, 0.3) is 0 Å². The molecule has 4 nitrogen and oxygen atoms in total. The number of carbonyl (C=O) groups is 1. The molecule has 0 aromatic rings. The average Bonchev–Trinajstić information content (AvgIpc) is 2.35. The van der Waals surface area contributed by atoms with Gasteiger partial charge in [0.2, 0.25) is 5.91 Å². The Morgan fingerprint density at radius 3 is 2.53 bits per heavy atom. The molecule has 0 bridgehead atoms. The van der Waals surface area contributed by atoms with E-state index in [1.165, 1.54) is 19.3 Å². The molecular weight excluding hydrogens is 258 g/mol. The van der Waals surface area contributed by atoms with E-state index in [2.05, 4.69) is 24.1 Å². The number of nitrogens with zero attached hydrogens (tertiary/aromatic N) is 1. The van der Waals surface area contributed by atoms with Crippen molar-refractivity contribution < 1.29 is 4.79 Å². The van der Waals surface area contributed by atoms with Gasteiger partial charge in [0, 0.05) is 25.0 Å². The van der Waals surface area contributed by atoms with E-state index in [9.17, 15) is 4.79 Å². The van der Waals surface area contributed by atoms with Crippen molar-refractivity contribution in [1.82, 2.24) is 10.2 Å². The van der Waals surface area contributed by atoms with E-state index >= 15 is 0 Å². The zero-order valence-corrected chi connectivity index (χ0v) is 13.0. The van der Waals surface area contributed by atoms with Crippen molar-refractivity contribution in [1.29, 1.82) is 0 Å². The van der Waals surface area contributed by atoms with Crippen molar-refractivity contribution in [2.24, 2.45) is 5.73 Å². The Morgan fingerprint density at radius 1 is 1.37 bits per heavy atom. The summed E-state index contributed by atoms with van der Waals surface area (Å²) in [6.07, 6.45) is 6.70. The van der Waals surface area contributed by atoms with Gasteiger partial charge in [-0.25, -0.2) is 0 Å². The number of nitrogens with one attached hydrogen (secondary N) is 1. The first-order valence-corrected chi connectivity index (χ1v) is 7.71. The van der Waals surface area contributed by atoms with Crippen LogP contribution in [0.1, 0.15) is 52.4 Å². The molecule has 0 atom stereocenters. The highest BCUT2D eigenvalue weighted by Gasteiger charge is 2.18. The minimum absolute atomic E-state index is 0.128. The molecule has 1 aliphatic carbocycles. The first kappa shape index (κ1) is 16.4. The molecule has 0 heterocycles. The summed E-state index contributed by atoms with van der Waals surface area (Å²) >= 11 is 4.90. The maximum absolute atomic E-state index is 12.1. The van der Waals surface area contributed by atoms with Crippen LogP contribution in [0.5, 0.6) is 0 Å². The molecule has 1 amide bonds. The van der Waals surface area contributed by atoms with Crippen LogP contribution < -0.4 is 11.1 Å². The molecule has 0 aromatic carbocycles. The van der Waals surface area contributed by atoms with Crippen LogP contribution >= 0.6 is 12.2 Å². The van der Waals surface area contributed by atoms with Gasteiger partial charge in [0.25, 0.3) is 0 Å². The fourth-order valence-corrected chi connectivity index (χ4v) is 2.57. The van der Waals surface area contributed by atoms with Gasteiger partial charge in [0.05, 0.1) is 11.5 Å². The third kappa shape index (κ3) is 6.87. The molecule has 19 heavy (non-hydrogen) atoms. The fraction of sp³-hybridized carbons (Fsp3) is 0.857. The van der Waals surface area contributed by atoms with Crippen molar-refractivity contribution >= 4 is 23.1 Å². The molecule has 110 valence electrons. The van der Waals surface area contributed by atoms with Crippen molar-refractivity contribution in [3.63, 3.8) is 0 Å². The topological polar surface area (TPSA) is 58.4 Å². The minimum Gasteiger partial charge on any atom is -0.393 e. The summed E-state index contributed by atoms with van der Waals surface area (Å²) in [5.41, 5.74) is 5.53. The molecule has 1 saturated carbocycles. The van der Waals surface area contributed by atoms with Crippen molar-refractivity contribution in [2.45, 2.75) is 64.5 Å². The molecule has 1 rings (SSSR count). The van der Waals surface area contributed by atoms with Crippen LogP contribution in [0.4, 0.5) is 0 Å². The Balaban J connectivity index is 2.35. The van der Waals surface area contributed by atoms with Gasteiger partial charge in [-0.2, -0.15) is 0 Å². The Morgan fingerprint density at radius 2 is 2.00 bits per heavy atom. The van der Waals surface area contributed by atoms with Crippen LogP contribution in [0.2, 0.25) is 0 Å². The highest BCUT2D eigenvalue weighted by atomic mass is 32.1. The molecule has 0 spiro atoms. The molecule has 0 saturated heterocycles. The maximum Gasteiger partial charge on any atom is 0.234 e. The van der Waals surface area contributed by atoms with Crippen LogP contribution in [-0.2, 0) is 4.79 Å². The monoisotopic (exact) mass is 285 g/mol. The van der Waals surface area contributed by atoms with Crippen molar-refractivity contribution in [3.05, 3.63) is 0 Å². The maximum atomic E-state index is 12.1. The van der Waals surface area contributed by atoms with E-state index in [4.69, 9.17) is 18.0 Å². The number of rotatable bonds is 7. The number of hydrogen-bond acceptors (Lipinski definition) is 3. The molecular formula is C14H27N3OS. The van der Waals surface area contributed by atoms with Gasteiger partial charge in [-0.3, -0.25) is 9.69 Å². The van der Waals surface area contributed by atoms with E-state index in [0.717, 1.165) is 19.4 Å². The highest BCUT2D eigenvalue weighted by molar-refractivity contribution is 7.80. The Bertz CT molecular complexity index is 301. The van der Waals surface area contributed by atoms with E-state index < -0.39 is 0 Å². The highest BCUT2D eigenvalue weighted by Crippen LogP contribution is 2.17. The van der Waals surface area contributed by atoms with E-state index in [-0.39, 0.29) is 5.91 Å². The summed E-state index contributed by atoms with van der Waals surface area (Å²) in [5.74, 6) is 0.128. The standard InChI is InChI=1S/C14H27N3OS/c1-11(2)17(9-8-13(15)19)10-14(18)16-12-6-4-3-5-7-12/h11-12H,3-10H2,1-2H3,(H2,15,19)(H,16,18). The lowest BCUT2D eigenvalue weighted by Crippen LogP contribution is -2.45. The van der Waals surface area contributed by atoms with Gasteiger partial charge in [-0.05, 0) is 26.7 Å². The lowest BCUT2D eigenvalue weighted by molar-refractivity contribution is -0.123. The molecule has 5 heteroatoms. The Hall–Kier alpha value is -0.680. The zero-order chi connectivity index (χ0) is 14.3. The normalized spacial score (nSPS) is 16.8. The second kappa shape index (κ2) is 8.48. The number of nitrogens with two attached hydrogens (primary N) is 1. The first-order valence-electron chi connectivity index (χ1n) is 7.30. The lowest BCUT2D eigenvalue weighted by Gasteiger charge is -2.28. The van der Waals surface area contributed by atoms with Gasteiger partial charge >= 0.3 is 0 Å². The SMILES string of the molecule is CC(C)N(CCC(N)=S)CC(=O)NC1CCCCC1. The van der Waals surface area contributed by atoms with Crippen LogP contribution in [-0.4, -0.2) is 41.0 Å². The summed E-state index contributed by atoms with van der Waals surface area (Å²) in [4.78, 5) is 14.7. The molecule has 1 fully saturated rings. The molecule has 0 aliphatic heterocycles. The lowest BCUT2D eigenvalue weighted by atomic mass is 9.95. The van der Waals surface area contributed by atoms with Gasteiger partial charge in [0.15, 0.2) is 0 Å². The molecule has 1 aliphatic rings. The predicted octanol–water partition coefficient (Wildman–Crippen LogP) is 1.82. The zero-order valence-electron chi connectivity index (χ0n) is 12.2. The quantitative estimate of drug-likeness (QED) is 0.701. The summed E-state index contributed by atoms with van der Waals surface area (Å²) < 4.78 is 0. The van der Waals surface area contributed by atoms with Crippen molar-refractivity contribution in [3.8, 4) is 0 Å². The average molecular weight is 285 g/mol. The van der Waals surface area contributed by atoms with Gasteiger partial charge < -0.3 is 11.1 Å². The van der Waals surface area contributed by atoms with E-state index in [0.29, 0.717) is 30.0 Å². The van der Waals surface area contributed by atoms with Crippen LogP contribution in [0.15, 0.2) is 0 Å². The number of hydrogen-bond donors (Lipinski definition) is 2. The van der Waals surface area contributed by atoms with Crippen LogP contribution in [0, 0.1) is 0 Å². The predicted molar refractivity (Wildman–Crippen MR) is 83.1 cm³/mol. The summed E-state index contributed by atoms with van der Waals surface area (Å²) in [7, 11) is 0. The van der Waals surface area contributed by atoms with Gasteiger partial charge in [0.1, 0.15) is 0 Å². The molecule has 0 unspecified atom stereocenters. The second-order valence-electron chi connectivity index (χ2n) is 5.68. The minimum atomic E-state index is 0.128. The number of amides is 1. The Labute approximate surface area is 122 Å². The van der Waals surface area contributed by atoms with E-state index in [1.807, 2.05) is 0 Å². The fourth-order valence-electron chi connectivity index (χ4n) is 2.48. The molecule has 3 N–H and O–H groups in total. The number of carbonyl (C=O) groups excluding carboxylic acids is 1. The smallest absolute Gasteiger partial charge is 0.234 e. The Kier molecular flexibility index (Phi) is 7.31. The largest absolute Gasteiger partial charge is 0.393 e. The summed E-state index contributed by atoms with van der Waals surface area (Å²) in [6.45, 7) is 5.38. The van der Waals surface area contributed by atoms with Gasteiger partial charge in [-0.15, -0.1) is 0 Å². The summed E-state index contributed by atoms with van der Waals surface area (Å²) in [6, 6.07) is 0.706.